The highest BCUT2D eigenvalue weighted by Crippen LogP contribution is 2.23. The first-order chi connectivity index (χ1) is 9.38. The zero-order chi connectivity index (χ0) is 13.1. The Balaban J connectivity index is 1.92. The fourth-order valence-electron chi connectivity index (χ4n) is 2.49. The average molecular weight is 255 g/mol. The fourth-order valence-corrected chi connectivity index (χ4v) is 2.49. The fraction of sp³-hybridized carbons (Fsp3) is 0.357. The number of rotatable bonds is 3. The highest BCUT2D eigenvalue weighted by atomic mass is 15.3. The first kappa shape index (κ1) is 12.0. The lowest BCUT2D eigenvalue weighted by Gasteiger charge is -2.23. The zero-order valence-electron chi connectivity index (χ0n) is 10.7. The Morgan fingerprint density at radius 2 is 2.11 bits per heavy atom. The van der Waals surface area contributed by atoms with Crippen LogP contribution in [0.2, 0.25) is 0 Å². The minimum atomic E-state index is 0.360. The van der Waals surface area contributed by atoms with Gasteiger partial charge in [0.15, 0.2) is 0 Å². The number of aromatic nitrogens is 3. The van der Waals surface area contributed by atoms with Crippen molar-refractivity contribution in [2.24, 2.45) is 5.73 Å². The van der Waals surface area contributed by atoms with Crippen LogP contribution in [0.1, 0.15) is 12.8 Å². The maximum Gasteiger partial charge on any atom is 0.226 e. The lowest BCUT2D eigenvalue weighted by molar-refractivity contribution is 0.664. The highest BCUT2D eigenvalue weighted by Gasteiger charge is 2.25. The van der Waals surface area contributed by atoms with Crippen LogP contribution in [0.5, 0.6) is 0 Å². The smallest absolute Gasteiger partial charge is 0.226 e. The van der Waals surface area contributed by atoms with Gasteiger partial charge in [0.2, 0.25) is 5.95 Å². The number of hydrogen-bond acceptors (Lipinski definition) is 5. The van der Waals surface area contributed by atoms with E-state index in [2.05, 4.69) is 19.9 Å². The maximum absolute atomic E-state index is 5.80. The Morgan fingerprint density at radius 3 is 2.89 bits per heavy atom. The third kappa shape index (κ3) is 2.42. The molecule has 2 aromatic heterocycles. The van der Waals surface area contributed by atoms with E-state index >= 15 is 0 Å². The minimum absolute atomic E-state index is 0.360. The van der Waals surface area contributed by atoms with Crippen LogP contribution in [0, 0.1) is 0 Å². The SMILES string of the molecule is NCC1CCCN1c1nccc(-c2ccccn2)n1. The predicted octanol–water partition coefficient (Wildman–Crippen LogP) is 1.47. The van der Waals surface area contributed by atoms with Crippen LogP contribution in [-0.4, -0.2) is 34.1 Å². The summed E-state index contributed by atoms with van der Waals surface area (Å²) >= 11 is 0. The van der Waals surface area contributed by atoms with Gasteiger partial charge < -0.3 is 10.6 Å². The van der Waals surface area contributed by atoms with Gasteiger partial charge in [0, 0.05) is 31.5 Å². The predicted molar refractivity (Wildman–Crippen MR) is 74.7 cm³/mol. The van der Waals surface area contributed by atoms with E-state index in [-0.39, 0.29) is 0 Å². The number of pyridine rings is 1. The quantitative estimate of drug-likeness (QED) is 0.899. The molecule has 5 nitrogen and oxygen atoms in total. The molecule has 3 rings (SSSR count). The third-order valence-corrected chi connectivity index (χ3v) is 3.48. The Kier molecular flexibility index (Phi) is 3.37. The molecule has 5 heteroatoms. The molecule has 98 valence electrons. The lowest BCUT2D eigenvalue weighted by Crippen LogP contribution is -2.36. The molecule has 19 heavy (non-hydrogen) atoms. The maximum atomic E-state index is 5.80. The van der Waals surface area contributed by atoms with Crippen molar-refractivity contribution in [2.45, 2.75) is 18.9 Å². The standard InChI is InChI=1S/C14H17N5/c15-10-11-4-3-9-19(11)14-17-8-6-13(18-14)12-5-1-2-7-16-12/h1-2,5-8,11H,3-4,9-10,15H2. The van der Waals surface area contributed by atoms with Gasteiger partial charge in [0.1, 0.15) is 0 Å². The Hall–Kier alpha value is -2.01. The van der Waals surface area contributed by atoms with Crippen LogP contribution in [0.4, 0.5) is 5.95 Å². The lowest BCUT2D eigenvalue weighted by atomic mass is 10.2. The molecule has 0 amide bonds. The van der Waals surface area contributed by atoms with E-state index in [1.807, 2.05) is 24.3 Å². The van der Waals surface area contributed by atoms with Crippen LogP contribution in [-0.2, 0) is 0 Å². The molecule has 0 aromatic carbocycles. The van der Waals surface area contributed by atoms with Crippen LogP contribution in [0.15, 0.2) is 36.7 Å². The molecule has 0 bridgehead atoms. The summed E-state index contributed by atoms with van der Waals surface area (Å²) in [5.74, 6) is 0.760. The van der Waals surface area contributed by atoms with Crippen molar-refractivity contribution in [3.63, 3.8) is 0 Å². The van der Waals surface area contributed by atoms with Gasteiger partial charge in [-0.25, -0.2) is 9.97 Å². The van der Waals surface area contributed by atoms with Crippen molar-refractivity contribution in [1.29, 1.82) is 0 Å². The molecule has 1 aliphatic heterocycles. The summed E-state index contributed by atoms with van der Waals surface area (Å²) in [6.07, 6.45) is 5.83. The highest BCUT2D eigenvalue weighted by molar-refractivity contribution is 5.55. The molecule has 1 fully saturated rings. The van der Waals surface area contributed by atoms with Gasteiger partial charge in [-0.3, -0.25) is 4.98 Å². The van der Waals surface area contributed by atoms with E-state index in [0.29, 0.717) is 12.6 Å². The number of nitrogens with zero attached hydrogens (tertiary/aromatic N) is 4. The topological polar surface area (TPSA) is 67.9 Å². The van der Waals surface area contributed by atoms with Gasteiger partial charge in [-0.15, -0.1) is 0 Å². The van der Waals surface area contributed by atoms with Crippen LogP contribution >= 0.6 is 0 Å². The van der Waals surface area contributed by atoms with Crippen molar-refractivity contribution in [3.8, 4) is 11.4 Å². The molecule has 1 saturated heterocycles. The summed E-state index contributed by atoms with van der Waals surface area (Å²) < 4.78 is 0. The molecular weight excluding hydrogens is 238 g/mol. The van der Waals surface area contributed by atoms with Gasteiger partial charge in [-0.2, -0.15) is 0 Å². The van der Waals surface area contributed by atoms with Crippen molar-refractivity contribution in [3.05, 3.63) is 36.7 Å². The molecule has 1 unspecified atom stereocenters. The summed E-state index contributed by atoms with van der Waals surface area (Å²) in [5, 5.41) is 0. The monoisotopic (exact) mass is 255 g/mol. The van der Waals surface area contributed by atoms with E-state index < -0.39 is 0 Å². The van der Waals surface area contributed by atoms with Gasteiger partial charge in [-0.05, 0) is 31.0 Å². The summed E-state index contributed by atoms with van der Waals surface area (Å²) in [6, 6.07) is 8.06. The second-order valence-corrected chi connectivity index (χ2v) is 4.68. The van der Waals surface area contributed by atoms with Gasteiger partial charge >= 0.3 is 0 Å². The normalized spacial score (nSPS) is 18.8. The molecule has 2 N–H and O–H groups in total. The average Bonchev–Trinajstić information content (AvgIpc) is 2.97. The zero-order valence-corrected chi connectivity index (χ0v) is 10.7. The van der Waals surface area contributed by atoms with Gasteiger partial charge in [0.25, 0.3) is 0 Å². The second-order valence-electron chi connectivity index (χ2n) is 4.68. The van der Waals surface area contributed by atoms with Crippen molar-refractivity contribution < 1.29 is 0 Å². The Labute approximate surface area is 112 Å². The van der Waals surface area contributed by atoms with Crippen LogP contribution in [0.25, 0.3) is 11.4 Å². The molecule has 2 aromatic rings. The van der Waals surface area contributed by atoms with E-state index in [1.165, 1.54) is 0 Å². The summed E-state index contributed by atoms with van der Waals surface area (Å²) in [7, 11) is 0. The summed E-state index contributed by atoms with van der Waals surface area (Å²) in [5.41, 5.74) is 7.53. The minimum Gasteiger partial charge on any atom is -0.337 e. The molecular formula is C14H17N5. The molecule has 0 spiro atoms. The number of anilines is 1. The molecule has 1 atom stereocenters. The third-order valence-electron chi connectivity index (χ3n) is 3.48. The molecule has 0 radical (unpaired) electrons. The Bertz CT molecular complexity index is 543. The van der Waals surface area contributed by atoms with Crippen LogP contribution < -0.4 is 10.6 Å². The van der Waals surface area contributed by atoms with Crippen molar-refractivity contribution in [2.75, 3.05) is 18.0 Å². The number of nitrogens with two attached hydrogens (primary N) is 1. The van der Waals surface area contributed by atoms with Crippen LogP contribution in [0.3, 0.4) is 0 Å². The first-order valence-corrected chi connectivity index (χ1v) is 6.59. The largest absolute Gasteiger partial charge is 0.337 e. The van der Waals surface area contributed by atoms with Crippen molar-refractivity contribution in [1.82, 2.24) is 15.0 Å². The first-order valence-electron chi connectivity index (χ1n) is 6.59. The van der Waals surface area contributed by atoms with E-state index in [1.54, 1.807) is 12.4 Å². The molecule has 1 aliphatic rings. The number of hydrogen-bond donors (Lipinski definition) is 1. The molecule has 0 saturated carbocycles. The van der Waals surface area contributed by atoms with Crippen molar-refractivity contribution >= 4 is 5.95 Å². The van der Waals surface area contributed by atoms with Gasteiger partial charge in [-0.1, -0.05) is 6.07 Å². The molecule has 0 aliphatic carbocycles. The molecule has 3 heterocycles. The van der Waals surface area contributed by atoms with E-state index in [4.69, 9.17) is 5.73 Å². The Morgan fingerprint density at radius 1 is 1.16 bits per heavy atom. The summed E-state index contributed by atoms with van der Waals surface area (Å²) in [6.45, 7) is 1.63. The van der Waals surface area contributed by atoms with E-state index in [0.717, 1.165) is 36.7 Å². The summed E-state index contributed by atoms with van der Waals surface area (Å²) in [4.78, 5) is 15.5. The van der Waals surface area contributed by atoms with Gasteiger partial charge in [0.05, 0.1) is 11.4 Å². The second kappa shape index (κ2) is 5.32. The van der Waals surface area contributed by atoms with E-state index in [9.17, 15) is 0 Å².